The Morgan fingerprint density at radius 1 is 1.03 bits per heavy atom. The van der Waals surface area contributed by atoms with Gasteiger partial charge < -0.3 is 9.47 Å². The van der Waals surface area contributed by atoms with Crippen LogP contribution in [0.3, 0.4) is 0 Å². The number of benzene rings is 2. The molecule has 35 heavy (non-hydrogen) atoms. The average Bonchev–Trinajstić information content (AvgIpc) is 3.25. The lowest BCUT2D eigenvalue weighted by Gasteiger charge is -2.28. The Hall–Kier alpha value is -4.16. The van der Waals surface area contributed by atoms with Crippen molar-refractivity contribution in [3.05, 3.63) is 87.2 Å². The molecule has 3 heterocycles. The van der Waals surface area contributed by atoms with Gasteiger partial charge in [0.1, 0.15) is 11.6 Å². The van der Waals surface area contributed by atoms with Gasteiger partial charge in [-0.2, -0.15) is 18.3 Å². The third-order valence-corrected chi connectivity index (χ3v) is 5.72. The molecule has 0 atom stereocenters. The van der Waals surface area contributed by atoms with Crippen LogP contribution < -0.4 is 5.43 Å². The van der Waals surface area contributed by atoms with Crippen molar-refractivity contribution in [2.75, 3.05) is 6.54 Å². The number of carbonyl (C=O) groups is 1. The highest BCUT2D eigenvalue weighted by atomic mass is 19.4. The minimum atomic E-state index is -4.68. The van der Waals surface area contributed by atoms with Gasteiger partial charge in [0.2, 0.25) is 11.3 Å². The fourth-order valence-electron chi connectivity index (χ4n) is 4.07. The van der Waals surface area contributed by atoms with Crippen LogP contribution in [-0.2, 0) is 25.8 Å². The number of halogens is 5. The number of alkyl halides is 3. The Balaban J connectivity index is 1.43. The quantitative estimate of drug-likeness (QED) is 0.413. The molecule has 13 heteroatoms. The first kappa shape index (κ1) is 22.6. The molecular weight excluding hydrogens is 475 g/mol. The molecule has 0 fully saturated rings. The SMILES string of the molecule is O=C(c1cc(Cn2ncc(=O)c3c(F)cccc32)ccc1F)N1CCn2c(nnc2C(F)(F)F)C1. The first-order valence-electron chi connectivity index (χ1n) is 10.3. The monoisotopic (exact) mass is 490 g/mol. The van der Waals surface area contributed by atoms with Crippen LogP contribution in [0.15, 0.2) is 47.4 Å². The van der Waals surface area contributed by atoms with Crippen molar-refractivity contribution in [1.29, 1.82) is 0 Å². The molecule has 1 aliphatic heterocycles. The van der Waals surface area contributed by atoms with E-state index in [0.29, 0.717) is 5.56 Å². The predicted molar refractivity (Wildman–Crippen MR) is 111 cm³/mol. The van der Waals surface area contributed by atoms with Crippen molar-refractivity contribution in [2.24, 2.45) is 0 Å². The van der Waals surface area contributed by atoms with Gasteiger partial charge in [-0.3, -0.25) is 14.3 Å². The van der Waals surface area contributed by atoms with E-state index in [2.05, 4.69) is 15.3 Å². The zero-order valence-corrected chi connectivity index (χ0v) is 17.8. The summed E-state index contributed by atoms with van der Waals surface area (Å²) in [6, 6.07) is 7.89. The molecule has 0 N–H and O–H groups in total. The van der Waals surface area contributed by atoms with Gasteiger partial charge in [0.25, 0.3) is 5.91 Å². The molecule has 1 aliphatic rings. The molecule has 180 valence electrons. The first-order chi connectivity index (χ1) is 16.6. The number of hydrogen-bond acceptors (Lipinski definition) is 5. The van der Waals surface area contributed by atoms with E-state index in [1.807, 2.05) is 0 Å². The Kier molecular flexibility index (Phi) is 5.33. The Morgan fingerprint density at radius 2 is 1.83 bits per heavy atom. The van der Waals surface area contributed by atoms with Crippen LogP contribution in [0.5, 0.6) is 0 Å². The Morgan fingerprint density at radius 3 is 2.60 bits per heavy atom. The van der Waals surface area contributed by atoms with Gasteiger partial charge in [0.15, 0.2) is 5.82 Å². The Bertz CT molecular complexity index is 1530. The zero-order chi connectivity index (χ0) is 24.9. The standard InChI is InChI=1S/C22H15F5N6O2/c23-14-5-4-12(10-33-16-3-1-2-15(24)19(16)17(34)9-28-33)8-13(14)20(35)31-6-7-32-18(11-31)29-30-21(32)22(25,26)27/h1-5,8-9H,6-7,10-11H2. The molecule has 0 spiro atoms. The molecule has 2 aromatic heterocycles. The highest BCUT2D eigenvalue weighted by Crippen LogP contribution is 2.30. The van der Waals surface area contributed by atoms with Gasteiger partial charge in [-0.05, 0) is 29.8 Å². The summed E-state index contributed by atoms with van der Waals surface area (Å²) >= 11 is 0. The maximum absolute atomic E-state index is 14.6. The lowest BCUT2D eigenvalue weighted by molar-refractivity contribution is -0.147. The number of rotatable bonds is 3. The number of carbonyl (C=O) groups excluding carboxylic acids is 1. The second kappa shape index (κ2) is 8.25. The van der Waals surface area contributed by atoms with Crippen LogP contribution in [0.4, 0.5) is 22.0 Å². The first-order valence-corrected chi connectivity index (χ1v) is 10.3. The van der Waals surface area contributed by atoms with Crippen molar-refractivity contribution >= 4 is 16.8 Å². The minimum Gasteiger partial charge on any atom is -0.329 e. The van der Waals surface area contributed by atoms with E-state index in [-0.39, 0.29) is 48.5 Å². The lowest BCUT2D eigenvalue weighted by Crippen LogP contribution is -2.39. The molecule has 0 radical (unpaired) electrons. The average molecular weight is 490 g/mol. The molecule has 0 aliphatic carbocycles. The molecule has 8 nitrogen and oxygen atoms in total. The van der Waals surface area contributed by atoms with Gasteiger partial charge in [-0.1, -0.05) is 12.1 Å². The summed E-state index contributed by atoms with van der Waals surface area (Å²) in [5.74, 6) is -3.45. The topological polar surface area (TPSA) is 85.9 Å². The molecule has 4 aromatic rings. The van der Waals surface area contributed by atoms with E-state index in [9.17, 15) is 31.5 Å². The van der Waals surface area contributed by atoms with Gasteiger partial charge in [-0.15, -0.1) is 10.2 Å². The third-order valence-electron chi connectivity index (χ3n) is 5.72. The summed E-state index contributed by atoms with van der Waals surface area (Å²) in [7, 11) is 0. The molecule has 0 bridgehead atoms. The summed E-state index contributed by atoms with van der Waals surface area (Å²) in [5, 5.41) is 10.6. The third kappa shape index (κ3) is 4.02. The van der Waals surface area contributed by atoms with Crippen LogP contribution in [0.2, 0.25) is 0 Å². The number of aromatic nitrogens is 5. The van der Waals surface area contributed by atoms with Crippen LogP contribution in [-0.4, -0.2) is 41.9 Å². The van der Waals surface area contributed by atoms with E-state index >= 15 is 0 Å². The smallest absolute Gasteiger partial charge is 0.329 e. The second-order valence-corrected chi connectivity index (χ2v) is 7.93. The summed E-state index contributed by atoms with van der Waals surface area (Å²) in [5.41, 5.74) is -0.208. The van der Waals surface area contributed by atoms with Crippen molar-refractivity contribution in [2.45, 2.75) is 25.8 Å². The van der Waals surface area contributed by atoms with Gasteiger partial charge in [-0.25, -0.2) is 8.78 Å². The van der Waals surface area contributed by atoms with Gasteiger partial charge in [0, 0.05) is 13.1 Å². The van der Waals surface area contributed by atoms with Gasteiger partial charge in [0.05, 0.1) is 35.8 Å². The normalized spacial score (nSPS) is 13.8. The van der Waals surface area contributed by atoms with Crippen molar-refractivity contribution < 1.29 is 26.7 Å². The number of fused-ring (bicyclic) bond motifs is 2. The fourth-order valence-corrected chi connectivity index (χ4v) is 4.07. The van der Waals surface area contributed by atoms with Crippen LogP contribution in [0.1, 0.15) is 27.6 Å². The molecule has 1 amide bonds. The largest absolute Gasteiger partial charge is 0.451 e. The second-order valence-electron chi connectivity index (χ2n) is 7.93. The minimum absolute atomic E-state index is 0.00403. The highest BCUT2D eigenvalue weighted by Gasteiger charge is 2.40. The van der Waals surface area contributed by atoms with E-state index in [1.54, 1.807) is 0 Å². The van der Waals surface area contributed by atoms with Gasteiger partial charge >= 0.3 is 6.18 Å². The summed E-state index contributed by atoms with van der Waals surface area (Å²) in [4.78, 5) is 26.2. The van der Waals surface area contributed by atoms with Crippen molar-refractivity contribution in [3.8, 4) is 0 Å². The molecular formula is C22H15F5N6O2. The van der Waals surface area contributed by atoms with Crippen LogP contribution in [0, 0.1) is 11.6 Å². The van der Waals surface area contributed by atoms with Crippen molar-refractivity contribution in [3.63, 3.8) is 0 Å². The summed E-state index contributed by atoms with van der Waals surface area (Å²) in [6.07, 6.45) is -3.71. The summed E-state index contributed by atoms with van der Waals surface area (Å²) in [6.45, 7) is -0.550. The molecule has 0 saturated heterocycles. The number of nitrogens with zero attached hydrogens (tertiary/aromatic N) is 6. The van der Waals surface area contributed by atoms with E-state index < -0.39 is 35.0 Å². The maximum atomic E-state index is 14.6. The van der Waals surface area contributed by atoms with E-state index in [0.717, 1.165) is 22.9 Å². The summed E-state index contributed by atoms with van der Waals surface area (Å²) < 4.78 is 70.1. The molecule has 2 aromatic carbocycles. The molecule has 5 rings (SSSR count). The van der Waals surface area contributed by atoms with E-state index in [4.69, 9.17) is 0 Å². The number of amides is 1. The Labute approximate surface area is 193 Å². The fraction of sp³-hybridized carbons (Fsp3) is 0.227. The highest BCUT2D eigenvalue weighted by molar-refractivity contribution is 5.94. The lowest BCUT2D eigenvalue weighted by atomic mass is 10.1. The predicted octanol–water partition coefficient (Wildman–Crippen LogP) is 2.99. The maximum Gasteiger partial charge on any atom is 0.451 e. The molecule has 0 saturated carbocycles. The molecule has 0 unspecified atom stereocenters. The van der Waals surface area contributed by atoms with Crippen LogP contribution in [0.25, 0.3) is 10.9 Å². The number of hydrogen-bond donors (Lipinski definition) is 0. The van der Waals surface area contributed by atoms with Crippen LogP contribution >= 0.6 is 0 Å². The van der Waals surface area contributed by atoms with E-state index in [1.165, 1.54) is 33.8 Å². The van der Waals surface area contributed by atoms with Crippen molar-refractivity contribution in [1.82, 2.24) is 29.4 Å². The zero-order valence-electron chi connectivity index (χ0n) is 17.8.